The first-order valence-electron chi connectivity index (χ1n) is 5.36. The van der Waals surface area contributed by atoms with E-state index in [1.54, 1.807) is 6.07 Å². The van der Waals surface area contributed by atoms with Gasteiger partial charge in [-0.05, 0) is 29.5 Å². The minimum atomic E-state index is -0.157. The van der Waals surface area contributed by atoms with Gasteiger partial charge in [-0.2, -0.15) is 0 Å². The van der Waals surface area contributed by atoms with Crippen LogP contribution in [0.4, 0.5) is 10.1 Å². The number of hydrogen-bond acceptors (Lipinski definition) is 1. The van der Waals surface area contributed by atoms with Crippen LogP contribution in [-0.2, 0) is 5.41 Å². The second kappa shape index (κ2) is 4.21. The molecule has 0 bridgehead atoms. The van der Waals surface area contributed by atoms with Crippen molar-refractivity contribution in [3.63, 3.8) is 0 Å². The highest BCUT2D eigenvalue weighted by Gasteiger charge is 2.19. The first-order valence-corrected chi connectivity index (χ1v) is 5.36. The molecule has 0 saturated heterocycles. The molecule has 0 atom stereocenters. The number of anilines is 1. The second-order valence-electron chi connectivity index (χ2n) is 4.80. The lowest BCUT2D eigenvalue weighted by Crippen LogP contribution is -2.18. The Morgan fingerprint density at radius 1 is 1.27 bits per heavy atom. The molecular weight excluding hydrogens is 189 g/mol. The summed E-state index contributed by atoms with van der Waals surface area (Å²) >= 11 is 0. The fraction of sp³-hybridized carbons (Fsp3) is 0.538. The van der Waals surface area contributed by atoms with Gasteiger partial charge in [-0.25, -0.2) is 4.39 Å². The molecular formula is C13H20FN. The van der Waals surface area contributed by atoms with Gasteiger partial charge in [0.15, 0.2) is 0 Å². The highest BCUT2D eigenvalue weighted by Crippen LogP contribution is 2.30. The monoisotopic (exact) mass is 209 g/mol. The molecule has 0 amide bonds. The van der Waals surface area contributed by atoms with Crippen molar-refractivity contribution in [2.75, 3.05) is 19.0 Å². The van der Waals surface area contributed by atoms with Crippen molar-refractivity contribution in [1.82, 2.24) is 0 Å². The van der Waals surface area contributed by atoms with Gasteiger partial charge in [0.05, 0.1) is 5.69 Å². The van der Waals surface area contributed by atoms with Gasteiger partial charge in [0, 0.05) is 14.1 Å². The Morgan fingerprint density at radius 2 is 1.87 bits per heavy atom. The normalized spacial score (nSPS) is 11.6. The van der Waals surface area contributed by atoms with E-state index in [2.05, 4.69) is 20.8 Å². The van der Waals surface area contributed by atoms with Gasteiger partial charge in [-0.1, -0.05) is 26.8 Å². The largest absolute Gasteiger partial charge is 0.375 e. The van der Waals surface area contributed by atoms with E-state index in [4.69, 9.17) is 0 Å². The van der Waals surface area contributed by atoms with Crippen molar-refractivity contribution in [2.24, 2.45) is 0 Å². The topological polar surface area (TPSA) is 3.24 Å². The molecule has 1 nitrogen and oxygen atoms in total. The van der Waals surface area contributed by atoms with E-state index in [1.165, 1.54) is 5.56 Å². The molecule has 0 spiro atoms. The average Bonchev–Trinajstić information content (AvgIpc) is 2.17. The fourth-order valence-electron chi connectivity index (χ4n) is 1.48. The molecule has 0 saturated carbocycles. The van der Waals surface area contributed by atoms with Crippen molar-refractivity contribution >= 4 is 5.69 Å². The zero-order valence-electron chi connectivity index (χ0n) is 10.3. The number of rotatable bonds is 3. The molecule has 15 heavy (non-hydrogen) atoms. The summed E-state index contributed by atoms with van der Waals surface area (Å²) in [7, 11) is 3.72. The third-order valence-electron chi connectivity index (χ3n) is 3.09. The Morgan fingerprint density at radius 3 is 2.33 bits per heavy atom. The predicted octanol–water partition coefficient (Wildman–Crippen LogP) is 3.58. The number of benzene rings is 1. The maximum atomic E-state index is 13.5. The molecule has 0 aliphatic heterocycles. The summed E-state index contributed by atoms with van der Waals surface area (Å²) in [5.74, 6) is -0.157. The molecule has 0 unspecified atom stereocenters. The number of nitrogens with zero attached hydrogens (tertiary/aromatic N) is 1. The predicted molar refractivity (Wildman–Crippen MR) is 64.0 cm³/mol. The lowest BCUT2D eigenvalue weighted by atomic mass is 9.82. The third-order valence-corrected chi connectivity index (χ3v) is 3.09. The van der Waals surface area contributed by atoms with E-state index in [0.717, 1.165) is 6.42 Å². The van der Waals surface area contributed by atoms with Crippen LogP contribution < -0.4 is 4.90 Å². The molecule has 0 aromatic heterocycles. The summed E-state index contributed by atoms with van der Waals surface area (Å²) < 4.78 is 13.5. The minimum Gasteiger partial charge on any atom is -0.375 e. The van der Waals surface area contributed by atoms with E-state index < -0.39 is 0 Å². The molecule has 0 radical (unpaired) electrons. The highest BCUT2D eigenvalue weighted by atomic mass is 19.1. The van der Waals surface area contributed by atoms with Crippen molar-refractivity contribution in [1.29, 1.82) is 0 Å². The van der Waals surface area contributed by atoms with Crippen LogP contribution in [0.25, 0.3) is 0 Å². The Hall–Kier alpha value is -1.05. The molecule has 0 fully saturated rings. The Bertz CT molecular complexity index is 342. The Labute approximate surface area is 91.9 Å². The van der Waals surface area contributed by atoms with Gasteiger partial charge >= 0.3 is 0 Å². The van der Waals surface area contributed by atoms with Crippen LogP contribution >= 0.6 is 0 Å². The summed E-state index contributed by atoms with van der Waals surface area (Å²) in [5.41, 5.74) is 1.96. The van der Waals surface area contributed by atoms with Crippen LogP contribution in [0.2, 0.25) is 0 Å². The first kappa shape index (κ1) is 12.0. The van der Waals surface area contributed by atoms with Crippen molar-refractivity contribution in [3.8, 4) is 0 Å². The highest BCUT2D eigenvalue weighted by molar-refractivity contribution is 5.50. The van der Waals surface area contributed by atoms with E-state index in [1.807, 2.05) is 31.1 Å². The van der Waals surface area contributed by atoms with Crippen LogP contribution in [0.3, 0.4) is 0 Å². The molecule has 0 N–H and O–H groups in total. The van der Waals surface area contributed by atoms with E-state index in [0.29, 0.717) is 5.69 Å². The summed E-state index contributed by atoms with van der Waals surface area (Å²) in [5, 5.41) is 0. The lowest BCUT2D eigenvalue weighted by molar-refractivity contribution is 0.504. The second-order valence-corrected chi connectivity index (χ2v) is 4.80. The standard InChI is InChI=1S/C13H20FN/c1-6-13(2,3)10-7-8-11(14)12(9-10)15(4)5/h7-9H,6H2,1-5H3. The fourth-order valence-corrected chi connectivity index (χ4v) is 1.48. The van der Waals surface area contributed by atoms with E-state index in [-0.39, 0.29) is 11.2 Å². The number of hydrogen-bond donors (Lipinski definition) is 0. The lowest BCUT2D eigenvalue weighted by Gasteiger charge is -2.25. The third kappa shape index (κ3) is 2.49. The summed E-state index contributed by atoms with van der Waals surface area (Å²) in [6.45, 7) is 6.51. The van der Waals surface area contributed by atoms with Gasteiger partial charge < -0.3 is 4.90 Å². The Kier molecular flexibility index (Phi) is 3.38. The Balaban J connectivity index is 3.19. The summed E-state index contributed by atoms with van der Waals surface area (Å²) in [4.78, 5) is 1.81. The molecule has 0 heterocycles. The molecule has 0 aliphatic carbocycles. The van der Waals surface area contributed by atoms with Crippen LogP contribution in [0.5, 0.6) is 0 Å². The maximum absolute atomic E-state index is 13.5. The molecule has 1 aromatic carbocycles. The smallest absolute Gasteiger partial charge is 0.146 e. The van der Waals surface area contributed by atoms with Gasteiger partial charge in [0.2, 0.25) is 0 Å². The van der Waals surface area contributed by atoms with Gasteiger partial charge in [0.25, 0.3) is 0 Å². The first-order chi connectivity index (χ1) is 6.88. The van der Waals surface area contributed by atoms with E-state index >= 15 is 0 Å². The quantitative estimate of drug-likeness (QED) is 0.735. The molecule has 1 rings (SSSR count). The average molecular weight is 209 g/mol. The molecule has 2 heteroatoms. The van der Waals surface area contributed by atoms with Crippen LogP contribution in [0, 0.1) is 5.82 Å². The summed E-state index contributed by atoms with van der Waals surface area (Å²) in [6.07, 6.45) is 1.05. The zero-order chi connectivity index (χ0) is 11.6. The van der Waals surface area contributed by atoms with Gasteiger partial charge in [0.1, 0.15) is 5.82 Å². The van der Waals surface area contributed by atoms with Crippen LogP contribution in [0.1, 0.15) is 32.8 Å². The summed E-state index contributed by atoms with van der Waals surface area (Å²) in [6, 6.07) is 5.38. The van der Waals surface area contributed by atoms with Crippen molar-refractivity contribution in [2.45, 2.75) is 32.6 Å². The molecule has 0 aliphatic rings. The minimum absolute atomic E-state index is 0.110. The van der Waals surface area contributed by atoms with Crippen LogP contribution in [-0.4, -0.2) is 14.1 Å². The molecule has 1 aromatic rings. The van der Waals surface area contributed by atoms with Crippen molar-refractivity contribution in [3.05, 3.63) is 29.6 Å². The number of halogens is 1. The SMILES string of the molecule is CCC(C)(C)c1ccc(F)c(N(C)C)c1. The van der Waals surface area contributed by atoms with Gasteiger partial charge in [-0.3, -0.25) is 0 Å². The van der Waals surface area contributed by atoms with Crippen LogP contribution in [0.15, 0.2) is 18.2 Å². The zero-order valence-corrected chi connectivity index (χ0v) is 10.3. The van der Waals surface area contributed by atoms with Crippen molar-refractivity contribution < 1.29 is 4.39 Å². The molecule has 84 valence electrons. The maximum Gasteiger partial charge on any atom is 0.146 e. The van der Waals surface area contributed by atoms with Gasteiger partial charge in [-0.15, -0.1) is 0 Å². The van der Waals surface area contributed by atoms with E-state index in [9.17, 15) is 4.39 Å².